The Morgan fingerprint density at radius 3 is 2.77 bits per heavy atom. The minimum absolute atomic E-state index is 0.104. The topological polar surface area (TPSA) is 17.1 Å². The average Bonchev–Trinajstić information content (AvgIpc) is 2.59. The van der Waals surface area contributed by atoms with Crippen LogP contribution < -0.4 is 0 Å². The zero-order chi connectivity index (χ0) is 9.42. The lowest BCUT2D eigenvalue weighted by atomic mass is 10.1. The molecule has 2 aromatic heterocycles. The van der Waals surface area contributed by atoms with Crippen LogP contribution in [0.2, 0.25) is 0 Å². The predicted octanol–water partition coefficient (Wildman–Crippen LogP) is 3.80. The highest BCUT2D eigenvalue weighted by Gasteiger charge is 2.13. The van der Waals surface area contributed by atoms with Gasteiger partial charge in [0, 0.05) is 15.3 Å². The van der Waals surface area contributed by atoms with Gasteiger partial charge in [0.25, 0.3) is 0 Å². The summed E-state index contributed by atoms with van der Waals surface area (Å²) >= 11 is 3.30. The zero-order valence-corrected chi connectivity index (χ0v) is 9.17. The number of hydrogen-bond donors (Lipinski definition) is 0. The first-order valence-corrected chi connectivity index (χ1v) is 5.89. The molecule has 0 amide bonds. The Morgan fingerprint density at radius 2 is 2.15 bits per heavy atom. The van der Waals surface area contributed by atoms with Crippen molar-refractivity contribution in [2.75, 3.05) is 0 Å². The van der Waals surface area contributed by atoms with E-state index in [-0.39, 0.29) is 11.7 Å². The number of carbonyl (C=O) groups excluding carboxylic acids is 1. The number of rotatable bonds is 2. The van der Waals surface area contributed by atoms with E-state index in [9.17, 15) is 4.79 Å². The van der Waals surface area contributed by atoms with E-state index in [0.717, 1.165) is 4.88 Å². The fraction of sp³-hybridized carbons (Fsp3) is 0.300. The van der Waals surface area contributed by atoms with Crippen molar-refractivity contribution in [2.45, 2.75) is 13.8 Å². The molecule has 0 radical (unpaired) electrons. The molecule has 0 fully saturated rings. The lowest BCUT2D eigenvalue weighted by molar-refractivity contribution is 0.0943. The average molecular weight is 210 g/mol. The van der Waals surface area contributed by atoms with E-state index in [0.29, 0.717) is 0 Å². The zero-order valence-electron chi connectivity index (χ0n) is 7.53. The summed E-state index contributed by atoms with van der Waals surface area (Å²) in [6.45, 7) is 3.88. The molecule has 3 heteroatoms. The Morgan fingerprint density at radius 1 is 1.38 bits per heavy atom. The Hall–Kier alpha value is -0.670. The van der Waals surface area contributed by atoms with Crippen LogP contribution in [-0.2, 0) is 0 Å². The van der Waals surface area contributed by atoms with Gasteiger partial charge in [0.05, 0.1) is 4.88 Å². The van der Waals surface area contributed by atoms with Gasteiger partial charge in [-0.25, -0.2) is 0 Å². The van der Waals surface area contributed by atoms with E-state index in [1.54, 1.807) is 22.7 Å². The highest BCUT2D eigenvalue weighted by atomic mass is 32.1. The molecule has 1 nitrogen and oxygen atoms in total. The molecule has 0 spiro atoms. The highest BCUT2D eigenvalue weighted by Crippen LogP contribution is 2.31. The smallest absolute Gasteiger partial charge is 0.175 e. The van der Waals surface area contributed by atoms with Gasteiger partial charge in [-0.2, -0.15) is 0 Å². The first kappa shape index (κ1) is 8.91. The molecular formula is C10H10OS2. The molecule has 0 atom stereocenters. The summed E-state index contributed by atoms with van der Waals surface area (Å²) in [5, 5.41) is 2.06. The van der Waals surface area contributed by atoms with Gasteiger partial charge in [-0.05, 0) is 17.5 Å². The van der Waals surface area contributed by atoms with Crippen molar-refractivity contribution >= 4 is 37.9 Å². The van der Waals surface area contributed by atoms with Crippen LogP contribution in [0, 0.1) is 5.92 Å². The van der Waals surface area contributed by atoms with E-state index in [1.165, 1.54) is 9.40 Å². The minimum Gasteiger partial charge on any atom is -0.293 e. The maximum absolute atomic E-state index is 11.6. The maximum Gasteiger partial charge on any atom is 0.175 e. The van der Waals surface area contributed by atoms with Crippen molar-refractivity contribution in [2.24, 2.45) is 5.92 Å². The summed E-state index contributed by atoms with van der Waals surface area (Å²) in [4.78, 5) is 12.5. The summed E-state index contributed by atoms with van der Waals surface area (Å²) in [5.74, 6) is 0.362. The SMILES string of the molecule is CC(C)C(=O)c1cc2sccc2s1. The van der Waals surface area contributed by atoms with Crippen LogP contribution in [0.1, 0.15) is 23.5 Å². The van der Waals surface area contributed by atoms with Gasteiger partial charge in [0.15, 0.2) is 5.78 Å². The molecule has 2 heterocycles. The third-order valence-corrected chi connectivity index (χ3v) is 4.01. The summed E-state index contributed by atoms with van der Waals surface area (Å²) in [6.07, 6.45) is 0. The van der Waals surface area contributed by atoms with Gasteiger partial charge in [0.1, 0.15) is 0 Å². The molecule has 2 rings (SSSR count). The fourth-order valence-electron chi connectivity index (χ4n) is 1.17. The van der Waals surface area contributed by atoms with Crippen LogP contribution in [0.3, 0.4) is 0 Å². The second kappa shape index (κ2) is 3.24. The summed E-state index contributed by atoms with van der Waals surface area (Å²) in [7, 11) is 0. The Labute approximate surface area is 85.0 Å². The first-order chi connectivity index (χ1) is 6.18. The van der Waals surface area contributed by atoms with Gasteiger partial charge in [-0.3, -0.25) is 4.79 Å². The third-order valence-electron chi connectivity index (χ3n) is 1.91. The molecule has 0 aliphatic rings. The van der Waals surface area contributed by atoms with Gasteiger partial charge in [-0.1, -0.05) is 13.8 Å². The van der Waals surface area contributed by atoms with Crippen LogP contribution in [0.5, 0.6) is 0 Å². The molecule has 0 aromatic carbocycles. The van der Waals surface area contributed by atoms with Crippen molar-refractivity contribution in [1.29, 1.82) is 0 Å². The van der Waals surface area contributed by atoms with Crippen molar-refractivity contribution in [3.63, 3.8) is 0 Å². The summed E-state index contributed by atoms with van der Waals surface area (Å²) in [6, 6.07) is 4.08. The van der Waals surface area contributed by atoms with E-state index in [4.69, 9.17) is 0 Å². The molecule has 68 valence electrons. The molecule has 0 unspecified atom stereocenters. The predicted molar refractivity (Wildman–Crippen MR) is 58.9 cm³/mol. The lowest BCUT2D eigenvalue weighted by Gasteiger charge is -1.98. The molecule has 13 heavy (non-hydrogen) atoms. The van der Waals surface area contributed by atoms with Crippen LogP contribution in [0.25, 0.3) is 9.40 Å². The standard InChI is InChI=1S/C10H10OS2/c1-6(2)10(11)9-5-8-7(13-9)3-4-12-8/h3-6H,1-2H3. The molecule has 0 saturated carbocycles. The number of Topliss-reactive ketones (excluding diaryl/α,β-unsaturated/α-hetero) is 1. The van der Waals surface area contributed by atoms with Gasteiger partial charge >= 0.3 is 0 Å². The Bertz CT molecular complexity index is 408. The Balaban J connectivity index is 2.45. The largest absolute Gasteiger partial charge is 0.293 e. The Kier molecular flexibility index (Phi) is 2.22. The van der Waals surface area contributed by atoms with Crippen molar-refractivity contribution < 1.29 is 4.79 Å². The van der Waals surface area contributed by atoms with Crippen molar-refractivity contribution in [3.8, 4) is 0 Å². The molecule has 0 N–H and O–H groups in total. The molecular weight excluding hydrogens is 200 g/mol. The summed E-state index contributed by atoms with van der Waals surface area (Å²) in [5.41, 5.74) is 0. The quantitative estimate of drug-likeness (QED) is 0.689. The van der Waals surface area contributed by atoms with Crippen LogP contribution in [0.15, 0.2) is 17.5 Å². The fourth-order valence-corrected chi connectivity index (χ4v) is 3.37. The summed E-state index contributed by atoms with van der Waals surface area (Å²) < 4.78 is 2.46. The number of carbonyl (C=O) groups is 1. The minimum atomic E-state index is 0.104. The maximum atomic E-state index is 11.6. The number of fused-ring (bicyclic) bond motifs is 1. The van der Waals surface area contributed by atoms with E-state index >= 15 is 0 Å². The normalized spacial score (nSPS) is 11.3. The molecule has 0 bridgehead atoms. The van der Waals surface area contributed by atoms with E-state index in [2.05, 4.69) is 11.4 Å². The van der Waals surface area contributed by atoms with Gasteiger partial charge < -0.3 is 0 Å². The number of thiophene rings is 2. The monoisotopic (exact) mass is 210 g/mol. The van der Waals surface area contributed by atoms with Crippen LogP contribution in [-0.4, -0.2) is 5.78 Å². The van der Waals surface area contributed by atoms with Crippen LogP contribution in [0.4, 0.5) is 0 Å². The van der Waals surface area contributed by atoms with E-state index < -0.39 is 0 Å². The first-order valence-electron chi connectivity index (χ1n) is 4.19. The molecule has 2 aromatic rings. The van der Waals surface area contributed by atoms with Gasteiger partial charge in [0.2, 0.25) is 0 Å². The second-order valence-electron chi connectivity index (χ2n) is 3.28. The second-order valence-corrected chi connectivity index (χ2v) is 5.31. The number of hydrogen-bond acceptors (Lipinski definition) is 3. The molecule has 0 saturated heterocycles. The molecule has 0 aliphatic heterocycles. The van der Waals surface area contributed by atoms with Crippen molar-refractivity contribution in [3.05, 3.63) is 22.4 Å². The third kappa shape index (κ3) is 1.54. The van der Waals surface area contributed by atoms with E-state index in [1.807, 2.05) is 19.9 Å². The highest BCUT2D eigenvalue weighted by molar-refractivity contribution is 7.27. The lowest BCUT2D eigenvalue weighted by Crippen LogP contribution is -2.04. The van der Waals surface area contributed by atoms with Gasteiger partial charge in [-0.15, -0.1) is 22.7 Å². The number of ketones is 1. The van der Waals surface area contributed by atoms with Crippen LogP contribution >= 0.6 is 22.7 Å². The van der Waals surface area contributed by atoms with Crippen molar-refractivity contribution in [1.82, 2.24) is 0 Å². The molecule has 0 aliphatic carbocycles.